The number of hydrogen-bond acceptors (Lipinski definition) is 5. The first-order valence-electron chi connectivity index (χ1n) is 7.43. The van der Waals surface area contributed by atoms with Crippen LogP contribution in [0.4, 0.5) is 0 Å². The smallest absolute Gasteiger partial charge is 0.258 e. The SMILES string of the molecule is CN(C)S(=O)(=O)C[C@@H]1COC[C@H]1NC(=O)COc1ccc(Cl)cc1. The molecule has 1 amide bonds. The van der Waals surface area contributed by atoms with E-state index in [0.29, 0.717) is 24.0 Å². The van der Waals surface area contributed by atoms with E-state index in [1.54, 1.807) is 24.3 Å². The molecular weight excluding hydrogens is 356 g/mol. The van der Waals surface area contributed by atoms with Crippen LogP contribution in [0.15, 0.2) is 24.3 Å². The minimum atomic E-state index is -3.35. The fourth-order valence-corrected chi connectivity index (χ4v) is 3.56. The van der Waals surface area contributed by atoms with Crippen LogP contribution in [0.5, 0.6) is 5.75 Å². The van der Waals surface area contributed by atoms with Gasteiger partial charge in [-0.15, -0.1) is 0 Å². The minimum Gasteiger partial charge on any atom is -0.484 e. The number of benzene rings is 1. The van der Waals surface area contributed by atoms with E-state index in [1.165, 1.54) is 18.4 Å². The number of carbonyl (C=O) groups is 1. The monoisotopic (exact) mass is 376 g/mol. The molecule has 0 radical (unpaired) electrons. The molecule has 1 N–H and O–H groups in total. The van der Waals surface area contributed by atoms with E-state index in [-0.39, 0.29) is 30.2 Å². The molecule has 0 unspecified atom stereocenters. The second kappa shape index (κ2) is 8.15. The van der Waals surface area contributed by atoms with E-state index in [1.807, 2.05) is 0 Å². The molecule has 0 spiro atoms. The van der Waals surface area contributed by atoms with Crippen LogP contribution in [0.25, 0.3) is 0 Å². The van der Waals surface area contributed by atoms with Crippen molar-refractivity contribution < 1.29 is 22.7 Å². The molecule has 1 aliphatic rings. The van der Waals surface area contributed by atoms with Crippen molar-refractivity contribution >= 4 is 27.5 Å². The van der Waals surface area contributed by atoms with Crippen LogP contribution < -0.4 is 10.1 Å². The Labute approximate surface area is 146 Å². The maximum atomic E-state index is 12.0. The van der Waals surface area contributed by atoms with Gasteiger partial charge < -0.3 is 14.8 Å². The van der Waals surface area contributed by atoms with Gasteiger partial charge >= 0.3 is 0 Å². The molecule has 1 aromatic rings. The van der Waals surface area contributed by atoms with Crippen molar-refractivity contribution in [1.29, 1.82) is 0 Å². The van der Waals surface area contributed by atoms with E-state index in [2.05, 4.69) is 5.32 Å². The summed E-state index contributed by atoms with van der Waals surface area (Å²) in [6.45, 7) is 0.432. The highest BCUT2D eigenvalue weighted by Gasteiger charge is 2.34. The highest BCUT2D eigenvalue weighted by atomic mass is 35.5. The van der Waals surface area contributed by atoms with E-state index in [9.17, 15) is 13.2 Å². The molecule has 134 valence electrons. The molecule has 2 atom stereocenters. The van der Waals surface area contributed by atoms with Crippen molar-refractivity contribution in [3.05, 3.63) is 29.3 Å². The molecule has 2 rings (SSSR count). The molecule has 0 aromatic heterocycles. The van der Waals surface area contributed by atoms with Gasteiger partial charge in [0.25, 0.3) is 5.91 Å². The van der Waals surface area contributed by atoms with Crippen molar-refractivity contribution in [2.45, 2.75) is 6.04 Å². The quantitative estimate of drug-likeness (QED) is 0.758. The summed E-state index contributed by atoms with van der Waals surface area (Å²) in [6, 6.07) is 6.33. The van der Waals surface area contributed by atoms with Gasteiger partial charge in [-0.3, -0.25) is 4.79 Å². The minimum absolute atomic E-state index is 0.0665. The number of nitrogens with one attached hydrogen (secondary N) is 1. The van der Waals surface area contributed by atoms with Crippen LogP contribution >= 0.6 is 11.6 Å². The second-order valence-corrected chi connectivity index (χ2v) is 8.44. The van der Waals surface area contributed by atoms with Crippen molar-refractivity contribution in [3.63, 3.8) is 0 Å². The average molecular weight is 377 g/mol. The first-order chi connectivity index (χ1) is 11.3. The van der Waals surface area contributed by atoms with Crippen LogP contribution in [-0.4, -0.2) is 64.3 Å². The Balaban J connectivity index is 1.85. The predicted octanol–water partition coefficient (Wildman–Crippen LogP) is 0.741. The van der Waals surface area contributed by atoms with Gasteiger partial charge in [0.2, 0.25) is 10.0 Å². The summed E-state index contributed by atoms with van der Waals surface area (Å²) in [5.74, 6) is -0.142. The molecule has 1 aliphatic heterocycles. The number of sulfonamides is 1. The zero-order valence-corrected chi connectivity index (χ0v) is 15.1. The number of halogens is 1. The lowest BCUT2D eigenvalue weighted by Gasteiger charge is -2.21. The summed E-state index contributed by atoms with van der Waals surface area (Å²) in [7, 11) is -0.382. The normalized spacial score (nSPS) is 21.0. The predicted molar refractivity (Wildman–Crippen MR) is 90.7 cm³/mol. The number of rotatable bonds is 7. The zero-order chi connectivity index (χ0) is 17.7. The Kier molecular flexibility index (Phi) is 6.45. The van der Waals surface area contributed by atoms with Gasteiger partial charge in [-0.25, -0.2) is 12.7 Å². The summed E-state index contributed by atoms with van der Waals surface area (Å²) < 4.78 is 35.8. The summed E-state index contributed by atoms with van der Waals surface area (Å²) in [6.07, 6.45) is 0. The van der Waals surface area contributed by atoms with Gasteiger partial charge in [-0.05, 0) is 24.3 Å². The summed E-state index contributed by atoms with van der Waals surface area (Å²) in [4.78, 5) is 12.0. The van der Waals surface area contributed by atoms with Crippen molar-refractivity contribution in [2.75, 3.05) is 39.7 Å². The zero-order valence-electron chi connectivity index (χ0n) is 13.6. The second-order valence-electron chi connectivity index (χ2n) is 5.78. The maximum absolute atomic E-state index is 12.0. The molecule has 24 heavy (non-hydrogen) atoms. The van der Waals surface area contributed by atoms with Gasteiger partial charge in [0.1, 0.15) is 5.75 Å². The number of nitrogens with zero attached hydrogens (tertiary/aromatic N) is 1. The first-order valence-corrected chi connectivity index (χ1v) is 9.42. The van der Waals surface area contributed by atoms with Gasteiger partial charge in [0.15, 0.2) is 6.61 Å². The Morgan fingerprint density at radius 1 is 1.33 bits per heavy atom. The summed E-state index contributed by atoms with van der Waals surface area (Å²) in [5, 5.41) is 3.36. The Morgan fingerprint density at radius 3 is 2.62 bits per heavy atom. The standard InChI is InChI=1S/C15H21ClN2O5S/c1-18(2)24(20,21)10-11-7-22-8-14(11)17-15(19)9-23-13-5-3-12(16)4-6-13/h3-6,11,14H,7-10H2,1-2H3,(H,17,19)/t11-,14+/m0/s1. The highest BCUT2D eigenvalue weighted by Crippen LogP contribution is 2.18. The van der Waals surface area contributed by atoms with Crippen molar-refractivity contribution in [2.24, 2.45) is 5.92 Å². The molecule has 9 heteroatoms. The van der Waals surface area contributed by atoms with Crippen LogP contribution in [0.1, 0.15) is 0 Å². The van der Waals surface area contributed by atoms with Gasteiger partial charge in [0.05, 0.1) is 25.0 Å². The molecule has 1 saturated heterocycles. The summed E-state index contributed by atoms with van der Waals surface area (Å²) in [5.41, 5.74) is 0. The van der Waals surface area contributed by atoms with Crippen molar-refractivity contribution in [1.82, 2.24) is 9.62 Å². The lowest BCUT2D eigenvalue weighted by Crippen LogP contribution is -2.45. The van der Waals surface area contributed by atoms with Gasteiger partial charge in [0, 0.05) is 25.0 Å². The van der Waals surface area contributed by atoms with E-state index in [0.717, 1.165) is 0 Å². The highest BCUT2D eigenvalue weighted by molar-refractivity contribution is 7.89. The third-order valence-corrected chi connectivity index (χ3v) is 5.92. The fraction of sp³-hybridized carbons (Fsp3) is 0.533. The lowest BCUT2D eigenvalue weighted by molar-refractivity contribution is -0.124. The molecule has 7 nitrogen and oxygen atoms in total. The largest absolute Gasteiger partial charge is 0.484 e. The van der Waals surface area contributed by atoms with Crippen LogP contribution in [0.2, 0.25) is 5.02 Å². The van der Waals surface area contributed by atoms with Crippen molar-refractivity contribution in [3.8, 4) is 5.75 Å². The van der Waals surface area contributed by atoms with Crippen LogP contribution in [0.3, 0.4) is 0 Å². The number of carbonyl (C=O) groups excluding carboxylic acids is 1. The summed E-state index contributed by atoms with van der Waals surface area (Å²) >= 11 is 5.78. The third-order valence-electron chi connectivity index (χ3n) is 3.71. The number of amides is 1. The number of hydrogen-bond donors (Lipinski definition) is 1. The topological polar surface area (TPSA) is 84.9 Å². The molecule has 1 heterocycles. The number of ether oxygens (including phenoxy) is 2. The average Bonchev–Trinajstić information content (AvgIpc) is 2.93. The molecule has 1 fully saturated rings. The molecule has 0 bridgehead atoms. The first kappa shape index (κ1) is 19.0. The Hall–Kier alpha value is -1.35. The molecule has 0 aliphatic carbocycles. The van der Waals surface area contributed by atoms with E-state index < -0.39 is 10.0 Å². The Morgan fingerprint density at radius 2 is 2.00 bits per heavy atom. The van der Waals surface area contributed by atoms with E-state index in [4.69, 9.17) is 21.1 Å². The Bertz CT molecular complexity index is 663. The third kappa shape index (κ3) is 5.34. The molecule has 1 aromatic carbocycles. The molecule has 0 saturated carbocycles. The lowest BCUT2D eigenvalue weighted by atomic mass is 10.1. The fourth-order valence-electron chi connectivity index (χ4n) is 2.27. The van der Waals surface area contributed by atoms with E-state index >= 15 is 0 Å². The maximum Gasteiger partial charge on any atom is 0.258 e. The van der Waals surface area contributed by atoms with Crippen LogP contribution in [-0.2, 0) is 19.6 Å². The molecular formula is C15H21ClN2O5S. The van der Waals surface area contributed by atoms with Crippen LogP contribution in [0, 0.1) is 5.92 Å². The van der Waals surface area contributed by atoms with Gasteiger partial charge in [-0.2, -0.15) is 0 Å². The van der Waals surface area contributed by atoms with Gasteiger partial charge in [-0.1, -0.05) is 11.6 Å².